The summed E-state index contributed by atoms with van der Waals surface area (Å²) in [6.45, 7) is 45.8. The Balaban J connectivity index is 0.000000200. The van der Waals surface area contributed by atoms with Crippen LogP contribution in [0, 0.1) is 47.9 Å². The molecule has 652 valence electrons. The SMILES string of the molecule is CC(C)(C)OC(=O)N1CC=C(B2OC(C)(C)C(C)(C)O2)CC1.[2H]C(C)(C)Oc1cc(Br)c(C)cc1[N+](=O)[O-].[2H]C(C)(C)Oc1cc(C2=CCN(Cc3ccccc3)CC2)c(C)cc1[N+](=O)[O-].[2H]C(C)(C)Oc1cc(C2CCNCC2)c(C)cc1N.[2H]C(C)(C)Oc1cc(C2CCNCC2)c(C)cc1Nc1ncc(Cl)c(Nc2ccccc2S(=O)(=O)C(C)C)n1. The minimum absolute atomic E-state index is 0.0938. The number of amides is 1. The predicted octanol–water partition coefficient (Wildman–Crippen LogP) is 20.8. The number of halogens is 2. The summed E-state index contributed by atoms with van der Waals surface area (Å²) >= 11 is 9.68. The Labute approximate surface area is 730 Å². The number of piperidine rings is 2. The molecule has 12 rings (SSSR count). The normalized spacial score (nSPS) is 17.1. The van der Waals surface area contributed by atoms with E-state index in [1.54, 1.807) is 104 Å². The molecule has 120 heavy (non-hydrogen) atoms. The topological polar surface area (TPSA) is 308 Å². The van der Waals surface area contributed by atoms with Crippen molar-refractivity contribution < 1.29 is 61.5 Å². The summed E-state index contributed by atoms with van der Waals surface area (Å²) in [4.78, 5) is 46.5. The van der Waals surface area contributed by atoms with Gasteiger partial charge in [0.2, 0.25) is 5.95 Å². The molecule has 0 bridgehead atoms. The second-order valence-corrected chi connectivity index (χ2v) is 37.5. The molecule has 0 spiro atoms. The number of para-hydroxylation sites is 1. The molecule has 1 amide bonds. The number of nitro groups is 2. The molecule has 25 nitrogen and oxygen atoms in total. The fraction of sp³-hybridized carbons (Fsp3) is 0.505. The summed E-state index contributed by atoms with van der Waals surface area (Å²) in [6, 6.07) is 31.3. The maximum atomic E-state index is 12.9. The van der Waals surface area contributed by atoms with Crippen LogP contribution in [0.5, 0.6) is 23.0 Å². The third-order valence-electron chi connectivity index (χ3n) is 20.9. The van der Waals surface area contributed by atoms with Gasteiger partial charge in [-0.25, -0.2) is 18.2 Å². The third kappa shape index (κ3) is 27.6. The van der Waals surface area contributed by atoms with Crippen LogP contribution in [0.25, 0.3) is 5.57 Å². The van der Waals surface area contributed by atoms with E-state index in [2.05, 4.69) is 96.3 Å². The van der Waals surface area contributed by atoms with E-state index < -0.39 is 54.9 Å². The van der Waals surface area contributed by atoms with Crippen LogP contribution in [0.3, 0.4) is 0 Å². The predicted molar refractivity (Wildman–Crippen MR) is 486 cm³/mol. The zero-order chi connectivity index (χ0) is 92.0. The number of nitrogens with one attached hydrogen (secondary N) is 4. The number of carbonyl (C=O) groups excluding carboxylic acids is 1. The average Bonchev–Trinajstić information content (AvgIpc) is 1.46. The van der Waals surface area contributed by atoms with Gasteiger partial charge in [0.1, 0.15) is 22.1 Å². The van der Waals surface area contributed by atoms with Crippen molar-refractivity contribution in [1.82, 2.24) is 30.4 Å². The average molecular weight is 1760 g/mol. The Bertz CT molecular complexity index is 5050. The number of aryl methyl sites for hydroxylation is 4. The van der Waals surface area contributed by atoms with Crippen LogP contribution in [-0.2, 0) is 30.4 Å². The highest BCUT2D eigenvalue weighted by Gasteiger charge is 2.52. The van der Waals surface area contributed by atoms with E-state index in [0.717, 1.165) is 117 Å². The molecule has 6 aromatic carbocycles. The fourth-order valence-electron chi connectivity index (χ4n) is 14.0. The Hall–Kier alpha value is -8.87. The van der Waals surface area contributed by atoms with Crippen LogP contribution in [0.4, 0.5) is 45.0 Å². The molecule has 7 aromatic rings. The summed E-state index contributed by atoms with van der Waals surface area (Å²) < 4.78 is 98.2. The van der Waals surface area contributed by atoms with Crippen LogP contribution in [0.1, 0.15) is 218 Å². The van der Waals surface area contributed by atoms with Crippen LogP contribution >= 0.6 is 27.5 Å². The number of nitro benzene ring substituents is 2. The maximum absolute atomic E-state index is 12.9. The smallest absolute Gasteiger partial charge is 0.489 e. The number of nitrogen functional groups attached to an aromatic ring is 1. The quantitative estimate of drug-likeness (QED) is 0.0182. The van der Waals surface area contributed by atoms with Crippen molar-refractivity contribution in [2.75, 3.05) is 68.7 Å². The number of sulfone groups is 1. The first-order chi connectivity index (χ1) is 57.6. The third-order valence-corrected chi connectivity index (χ3v) is 24.3. The highest BCUT2D eigenvalue weighted by atomic mass is 79.9. The minimum atomic E-state index is -3.54. The van der Waals surface area contributed by atoms with Crippen LogP contribution < -0.4 is 45.9 Å². The minimum Gasteiger partial charge on any atom is -0.489 e. The molecule has 0 radical (unpaired) electrons. The number of nitrogens with zero attached hydrogens (tertiary/aromatic N) is 6. The Morgan fingerprint density at radius 1 is 0.675 bits per heavy atom. The molecule has 5 aliphatic rings. The van der Waals surface area contributed by atoms with E-state index in [9.17, 15) is 33.4 Å². The van der Waals surface area contributed by atoms with E-state index >= 15 is 0 Å². The Kier molecular flexibility index (Phi) is 32.6. The lowest BCUT2D eigenvalue weighted by molar-refractivity contribution is -0.386. The van der Waals surface area contributed by atoms with Gasteiger partial charge >= 0.3 is 24.6 Å². The molecule has 0 aliphatic carbocycles. The van der Waals surface area contributed by atoms with Crippen molar-refractivity contribution in [1.29, 1.82) is 0 Å². The van der Waals surface area contributed by atoms with Gasteiger partial charge in [0, 0.05) is 55.4 Å². The molecule has 1 aromatic heterocycles. The van der Waals surface area contributed by atoms with E-state index in [1.165, 1.54) is 60.0 Å². The molecule has 6 heterocycles. The van der Waals surface area contributed by atoms with Crippen molar-refractivity contribution in [2.45, 2.75) is 254 Å². The number of hydrogen-bond donors (Lipinski definition) is 5. The number of ether oxygens (including phenoxy) is 5. The molecule has 6 N–H and O–H groups in total. The van der Waals surface area contributed by atoms with E-state index in [1.807, 2.05) is 91.8 Å². The highest BCUT2D eigenvalue weighted by Crippen LogP contribution is 2.43. The van der Waals surface area contributed by atoms with Gasteiger partial charge in [-0.3, -0.25) is 25.1 Å². The van der Waals surface area contributed by atoms with Gasteiger partial charge in [0.25, 0.3) is 0 Å². The molecule has 0 saturated carbocycles. The van der Waals surface area contributed by atoms with Gasteiger partial charge in [-0.15, -0.1) is 0 Å². The largest absolute Gasteiger partial charge is 0.490 e. The van der Waals surface area contributed by atoms with Crippen LogP contribution in [0.2, 0.25) is 5.02 Å². The van der Waals surface area contributed by atoms with Crippen LogP contribution in [0.15, 0.2) is 136 Å². The molecule has 29 heteroatoms. The summed E-state index contributed by atoms with van der Waals surface area (Å²) in [5, 5.41) is 35.0. The lowest BCUT2D eigenvalue weighted by atomic mass is 9.75. The number of aromatic nitrogens is 2. The number of hydrogen-bond acceptors (Lipinski definition) is 22. The van der Waals surface area contributed by atoms with E-state index in [4.69, 9.17) is 55.8 Å². The number of benzene rings is 6. The van der Waals surface area contributed by atoms with Crippen molar-refractivity contribution >= 4 is 96.4 Å². The van der Waals surface area contributed by atoms with Gasteiger partial charge in [-0.1, -0.05) is 82.1 Å². The lowest BCUT2D eigenvalue weighted by Crippen LogP contribution is -2.41. The van der Waals surface area contributed by atoms with E-state index in [0.29, 0.717) is 53.5 Å². The molecule has 3 saturated heterocycles. The van der Waals surface area contributed by atoms with Gasteiger partial charge in [-0.2, -0.15) is 4.98 Å². The van der Waals surface area contributed by atoms with Gasteiger partial charge < -0.3 is 64.9 Å². The molecular formula is C91H126BBrClN11O14S. The molecule has 3 fully saturated rings. The summed E-state index contributed by atoms with van der Waals surface area (Å²) in [5.74, 6) is 2.91. The van der Waals surface area contributed by atoms with Gasteiger partial charge in [0.15, 0.2) is 27.2 Å². The zero-order valence-electron chi connectivity index (χ0n) is 77.6. The maximum Gasteiger partial charge on any atom is 0.490 e. The fourth-order valence-corrected chi connectivity index (χ4v) is 15.7. The molecular weight excluding hydrogens is 1630 g/mol. The summed E-state index contributed by atoms with van der Waals surface area (Å²) in [6.07, 6.45) is 6.82. The van der Waals surface area contributed by atoms with Gasteiger partial charge in [-0.05, 0) is 320 Å². The van der Waals surface area contributed by atoms with Gasteiger partial charge in [0.05, 0.1) is 84.3 Å². The second-order valence-electron chi connectivity index (χ2n) is 33.7. The lowest BCUT2D eigenvalue weighted by Gasteiger charge is -2.32. The molecule has 0 atom stereocenters. The van der Waals surface area contributed by atoms with Crippen molar-refractivity contribution in [3.05, 3.63) is 201 Å². The number of carbonyl (C=O) groups is 1. The molecule has 5 aliphatic heterocycles. The zero-order valence-corrected chi connectivity index (χ0v) is 76.8. The van der Waals surface area contributed by atoms with Crippen LogP contribution in [-0.4, -0.2) is 150 Å². The Morgan fingerprint density at radius 2 is 1.19 bits per heavy atom. The summed E-state index contributed by atoms with van der Waals surface area (Å²) in [5.41, 5.74) is 17.3. The standard InChI is InChI=1S/C28H36ClN5O3S.C22H26N2O3.C16H28BNO4.C15H24N2O.C10H12BrNO3/c1-17(2)37-25-15-21(20-10-12-30-13-11-20)19(5)14-24(25)33-28-31-16-22(29)27(34-28)32-23-8-6-7-9-26(23)38(35,36)18(3)4;1-16(2)27-22-14-20(17(3)13-21(22)24(25)26)19-9-11-23(12-10-19)15-18-7-5-4-6-8-18;1-14(2,3)20-13(19)18-10-8-12(9-11-18)17-21-15(4,5)16(6,7)22-17;1-10(2)18-15-9-13(11(3)8-14(15)16)12-4-6-17-7-5-12;1-6(2)15-10-5-8(11)7(3)4-9(10)12(13)14/h6-9,14-18,20,30H,10-13H2,1-5H3,(H2,31,32,33,34);4-9,13-14,16H,10-12,15H2,1-3H3;8H,9-11H2,1-7H3;8-10,12,17H,4-7,16H2,1-3H3;4-6H,1-3H3/i17D;16D;;10D;6D. The first-order valence-corrected chi connectivity index (χ1v) is 43.6. The number of rotatable bonds is 22. The monoisotopic (exact) mass is 1760 g/mol. The van der Waals surface area contributed by atoms with Crippen molar-refractivity contribution in [3.8, 4) is 23.0 Å². The second kappa shape index (κ2) is 43.3. The first kappa shape index (κ1) is 90.4. The van der Waals surface area contributed by atoms with Crippen molar-refractivity contribution in [3.63, 3.8) is 0 Å². The molecule has 0 unspecified atom stereocenters. The van der Waals surface area contributed by atoms with E-state index in [-0.39, 0.29) is 69.0 Å². The van der Waals surface area contributed by atoms with Crippen molar-refractivity contribution in [2.24, 2.45) is 0 Å². The number of nitrogens with two attached hydrogens (primary N) is 1. The highest BCUT2D eigenvalue weighted by molar-refractivity contribution is 9.10. The first-order valence-electron chi connectivity index (χ1n) is 42.9. The summed E-state index contributed by atoms with van der Waals surface area (Å²) in [7, 11) is -3.86. The number of anilines is 5. The Morgan fingerprint density at radius 3 is 1.71 bits per heavy atom.